The van der Waals surface area contributed by atoms with Crippen molar-refractivity contribution in [2.24, 2.45) is 7.05 Å². The van der Waals surface area contributed by atoms with Crippen molar-refractivity contribution in [3.05, 3.63) is 47.6 Å². The van der Waals surface area contributed by atoms with Gasteiger partial charge in [-0.05, 0) is 37.1 Å². The SMILES string of the molecule is Cn1nnc2c(-n3ccnc3-c3ccc(C4CCCO4)s3)cccc21. The Hall–Kier alpha value is -2.51. The molecule has 1 saturated heterocycles. The molecule has 0 radical (unpaired) electrons. The summed E-state index contributed by atoms with van der Waals surface area (Å²) in [6.45, 7) is 0.862. The Kier molecular flexibility index (Phi) is 3.43. The molecule has 4 aromatic rings. The molecule has 126 valence electrons. The largest absolute Gasteiger partial charge is 0.373 e. The minimum absolute atomic E-state index is 0.241. The van der Waals surface area contributed by atoms with E-state index in [0.717, 1.165) is 46.9 Å². The van der Waals surface area contributed by atoms with Crippen LogP contribution in [0.4, 0.5) is 0 Å². The molecule has 0 spiro atoms. The molecule has 3 aromatic heterocycles. The molecule has 0 aliphatic carbocycles. The predicted molar refractivity (Wildman–Crippen MR) is 96.9 cm³/mol. The van der Waals surface area contributed by atoms with Gasteiger partial charge in [0, 0.05) is 30.9 Å². The van der Waals surface area contributed by atoms with Crippen LogP contribution in [0.25, 0.3) is 27.4 Å². The first-order valence-electron chi connectivity index (χ1n) is 8.35. The first kappa shape index (κ1) is 14.8. The number of fused-ring (bicyclic) bond motifs is 1. The minimum atomic E-state index is 0.241. The van der Waals surface area contributed by atoms with Gasteiger partial charge in [0.25, 0.3) is 0 Å². The third-order valence-corrected chi connectivity index (χ3v) is 5.79. The topological polar surface area (TPSA) is 57.8 Å². The molecule has 7 heteroatoms. The van der Waals surface area contributed by atoms with Crippen molar-refractivity contribution in [2.45, 2.75) is 18.9 Å². The van der Waals surface area contributed by atoms with E-state index < -0.39 is 0 Å². The third-order valence-electron chi connectivity index (χ3n) is 4.62. The molecule has 0 saturated carbocycles. The normalized spacial score (nSPS) is 17.6. The highest BCUT2D eigenvalue weighted by atomic mass is 32.1. The van der Waals surface area contributed by atoms with Crippen LogP contribution in [0.3, 0.4) is 0 Å². The summed E-state index contributed by atoms with van der Waals surface area (Å²) in [5, 5.41) is 8.47. The molecule has 1 aliphatic rings. The number of rotatable bonds is 3. The van der Waals surface area contributed by atoms with Gasteiger partial charge in [0.1, 0.15) is 5.52 Å². The van der Waals surface area contributed by atoms with Crippen molar-refractivity contribution in [3.8, 4) is 16.4 Å². The smallest absolute Gasteiger partial charge is 0.154 e. The standard InChI is InChI=1S/C18H17N5OS/c1-22-12-4-2-5-13(17(12)20-21-22)23-10-9-19-18(23)16-8-7-15(25-16)14-6-3-11-24-14/h2,4-5,7-10,14H,3,6,11H2,1H3. The molecular weight excluding hydrogens is 334 g/mol. The molecule has 1 unspecified atom stereocenters. The maximum atomic E-state index is 5.81. The van der Waals surface area contributed by atoms with Gasteiger partial charge in [0.15, 0.2) is 5.82 Å². The zero-order valence-corrected chi connectivity index (χ0v) is 14.6. The van der Waals surface area contributed by atoms with Crippen LogP contribution in [0.15, 0.2) is 42.7 Å². The molecule has 25 heavy (non-hydrogen) atoms. The molecule has 6 nitrogen and oxygen atoms in total. The molecule has 1 fully saturated rings. The number of hydrogen-bond donors (Lipinski definition) is 0. The average molecular weight is 351 g/mol. The van der Waals surface area contributed by atoms with Crippen molar-refractivity contribution < 1.29 is 4.74 Å². The van der Waals surface area contributed by atoms with Crippen molar-refractivity contribution in [1.29, 1.82) is 0 Å². The van der Waals surface area contributed by atoms with Crippen LogP contribution in [-0.4, -0.2) is 31.2 Å². The van der Waals surface area contributed by atoms with Gasteiger partial charge < -0.3 is 4.74 Å². The lowest BCUT2D eigenvalue weighted by Gasteiger charge is -2.08. The lowest BCUT2D eigenvalue weighted by molar-refractivity contribution is 0.114. The summed E-state index contributed by atoms with van der Waals surface area (Å²) in [6, 6.07) is 10.4. The van der Waals surface area contributed by atoms with E-state index >= 15 is 0 Å². The summed E-state index contributed by atoms with van der Waals surface area (Å²) in [7, 11) is 1.90. The van der Waals surface area contributed by atoms with E-state index in [1.54, 1.807) is 16.0 Å². The lowest BCUT2D eigenvalue weighted by Crippen LogP contribution is -1.97. The maximum absolute atomic E-state index is 5.81. The number of ether oxygens (including phenoxy) is 1. The molecular formula is C18H17N5OS. The third kappa shape index (κ3) is 2.39. The second-order valence-electron chi connectivity index (χ2n) is 6.18. The van der Waals surface area contributed by atoms with E-state index in [-0.39, 0.29) is 6.10 Å². The Morgan fingerprint density at radius 1 is 1.24 bits per heavy atom. The number of benzene rings is 1. The molecule has 1 aromatic carbocycles. The van der Waals surface area contributed by atoms with Crippen molar-refractivity contribution in [1.82, 2.24) is 24.5 Å². The monoisotopic (exact) mass is 351 g/mol. The van der Waals surface area contributed by atoms with Gasteiger partial charge >= 0.3 is 0 Å². The summed E-state index contributed by atoms with van der Waals surface area (Å²) in [6.07, 6.45) is 6.29. The van der Waals surface area contributed by atoms with Gasteiger partial charge in [-0.2, -0.15) is 0 Å². The fraction of sp³-hybridized carbons (Fsp3) is 0.278. The van der Waals surface area contributed by atoms with Crippen LogP contribution in [0.2, 0.25) is 0 Å². The quantitative estimate of drug-likeness (QED) is 0.564. The number of aromatic nitrogens is 5. The molecule has 0 bridgehead atoms. The number of thiophene rings is 1. The number of imidazole rings is 1. The Bertz CT molecular complexity index is 1040. The summed E-state index contributed by atoms with van der Waals surface area (Å²) < 4.78 is 9.68. The predicted octanol–water partition coefficient (Wildman–Crippen LogP) is 3.73. The fourth-order valence-electron chi connectivity index (χ4n) is 3.37. The molecule has 0 amide bonds. The van der Waals surface area contributed by atoms with Crippen LogP contribution in [-0.2, 0) is 11.8 Å². The van der Waals surface area contributed by atoms with Crippen molar-refractivity contribution in [3.63, 3.8) is 0 Å². The van der Waals surface area contributed by atoms with Crippen LogP contribution in [0.5, 0.6) is 0 Å². The number of nitrogens with zero attached hydrogens (tertiary/aromatic N) is 5. The first-order valence-corrected chi connectivity index (χ1v) is 9.17. The van der Waals surface area contributed by atoms with E-state index in [1.807, 2.05) is 31.6 Å². The number of hydrogen-bond acceptors (Lipinski definition) is 5. The second kappa shape index (κ2) is 5.79. The van der Waals surface area contributed by atoms with E-state index in [2.05, 4.69) is 38.1 Å². The van der Waals surface area contributed by atoms with E-state index in [9.17, 15) is 0 Å². The molecule has 4 heterocycles. The maximum Gasteiger partial charge on any atom is 0.154 e. The van der Waals surface area contributed by atoms with E-state index in [4.69, 9.17) is 4.74 Å². The Morgan fingerprint density at radius 2 is 2.20 bits per heavy atom. The molecule has 5 rings (SSSR count). The summed E-state index contributed by atoms with van der Waals surface area (Å²) in [4.78, 5) is 7.01. The summed E-state index contributed by atoms with van der Waals surface area (Å²) in [5.41, 5.74) is 2.87. The van der Waals surface area contributed by atoms with E-state index in [0.29, 0.717) is 0 Å². The Balaban J connectivity index is 1.60. The van der Waals surface area contributed by atoms with Gasteiger partial charge in [-0.3, -0.25) is 4.57 Å². The Morgan fingerprint density at radius 3 is 3.08 bits per heavy atom. The van der Waals surface area contributed by atoms with E-state index in [1.165, 1.54) is 4.88 Å². The molecule has 1 aliphatic heterocycles. The van der Waals surface area contributed by atoms with Gasteiger partial charge in [-0.25, -0.2) is 9.67 Å². The lowest BCUT2D eigenvalue weighted by atomic mass is 10.2. The molecule has 0 N–H and O–H groups in total. The molecule has 1 atom stereocenters. The van der Waals surface area contributed by atoms with Gasteiger partial charge in [-0.1, -0.05) is 11.3 Å². The summed E-state index contributed by atoms with van der Waals surface area (Å²) >= 11 is 1.76. The number of aryl methyl sites for hydroxylation is 1. The van der Waals surface area contributed by atoms with Crippen LogP contribution >= 0.6 is 11.3 Å². The zero-order valence-electron chi connectivity index (χ0n) is 13.8. The van der Waals surface area contributed by atoms with Crippen molar-refractivity contribution >= 4 is 22.4 Å². The van der Waals surface area contributed by atoms with Crippen LogP contribution in [0.1, 0.15) is 23.8 Å². The minimum Gasteiger partial charge on any atom is -0.373 e. The van der Waals surface area contributed by atoms with Gasteiger partial charge in [0.2, 0.25) is 0 Å². The van der Waals surface area contributed by atoms with Gasteiger partial charge in [0.05, 0.1) is 22.2 Å². The highest BCUT2D eigenvalue weighted by molar-refractivity contribution is 7.15. The first-order chi connectivity index (χ1) is 12.3. The van der Waals surface area contributed by atoms with Crippen LogP contribution in [0, 0.1) is 0 Å². The van der Waals surface area contributed by atoms with Crippen molar-refractivity contribution in [2.75, 3.05) is 6.61 Å². The van der Waals surface area contributed by atoms with Gasteiger partial charge in [-0.15, -0.1) is 16.4 Å². The zero-order chi connectivity index (χ0) is 16.8. The van der Waals surface area contributed by atoms with Crippen LogP contribution < -0.4 is 0 Å². The Labute approximate surface area is 148 Å². The average Bonchev–Trinajstić information content (AvgIpc) is 3.40. The fourth-order valence-corrected chi connectivity index (χ4v) is 4.45. The highest BCUT2D eigenvalue weighted by Crippen LogP contribution is 2.37. The second-order valence-corrected chi connectivity index (χ2v) is 7.30. The summed E-state index contributed by atoms with van der Waals surface area (Å²) in [5.74, 6) is 0.924. The highest BCUT2D eigenvalue weighted by Gasteiger charge is 2.21.